The Bertz CT molecular complexity index is 2030. The van der Waals surface area contributed by atoms with Gasteiger partial charge in [-0.3, -0.25) is 4.57 Å². The smallest absolute Gasteiger partial charge is 0.465 e. The molecule has 0 saturated heterocycles. The molecule has 5 aromatic rings. The van der Waals surface area contributed by atoms with Gasteiger partial charge in [0.05, 0.1) is 36.4 Å². The van der Waals surface area contributed by atoms with Crippen molar-refractivity contribution in [2.24, 2.45) is 0 Å². The van der Waals surface area contributed by atoms with Crippen molar-refractivity contribution in [1.82, 2.24) is 30.2 Å². The first-order chi connectivity index (χ1) is 24.9. The van der Waals surface area contributed by atoms with Crippen LogP contribution in [0.25, 0.3) is 33.5 Å². The number of esters is 1. The van der Waals surface area contributed by atoms with E-state index in [1.807, 2.05) is 55.5 Å². The number of hydrogen-bond donors (Lipinski definition) is 1. The van der Waals surface area contributed by atoms with Crippen LogP contribution in [0.2, 0.25) is 0 Å². The van der Waals surface area contributed by atoms with Crippen molar-refractivity contribution in [3.8, 4) is 28.5 Å². The molecule has 1 atom stereocenters. The third kappa shape index (κ3) is 9.22. The third-order valence-corrected chi connectivity index (χ3v) is 7.27. The highest BCUT2D eigenvalue weighted by Gasteiger charge is 2.31. The molecule has 0 aliphatic heterocycles. The van der Waals surface area contributed by atoms with Crippen molar-refractivity contribution >= 4 is 23.2 Å². The number of benzene rings is 3. The lowest BCUT2D eigenvalue weighted by Crippen LogP contribution is -2.35. The number of aromatic nitrogens is 6. The van der Waals surface area contributed by atoms with Gasteiger partial charge in [0.2, 0.25) is 5.82 Å². The standard InChI is InChI=1S/C32H32N8O12/c1-4-47-30-33-26-11-7-10-25(29(41)50-32(2,3)51-31(42)48-17-16-22(52-40(45)46)19-49-39(43)44)27(26)38(30)18-20-12-14-21(15-13-20)23-8-5-6-9-24(23)28-34-36-37-35-28/h5-15,22H,4,16-19H2,1-3H3,(H,34,35,36,37)/t22-/m0/s1. The van der Waals surface area contributed by atoms with Crippen molar-refractivity contribution in [2.45, 2.75) is 45.6 Å². The van der Waals surface area contributed by atoms with Gasteiger partial charge in [-0.15, -0.1) is 30.4 Å². The Morgan fingerprint density at radius 3 is 2.38 bits per heavy atom. The second kappa shape index (κ2) is 16.2. The minimum absolute atomic E-state index is 0.109. The molecule has 0 radical (unpaired) electrons. The maximum Gasteiger partial charge on any atom is 0.511 e. The number of nitrogens with one attached hydrogen (secondary N) is 1. The van der Waals surface area contributed by atoms with Crippen LogP contribution >= 0.6 is 0 Å². The summed E-state index contributed by atoms with van der Waals surface area (Å²) in [6, 6.07) is 20.6. The minimum atomic E-state index is -1.84. The fourth-order valence-electron chi connectivity index (χ4n) is 5.13. The van der Waals surface area contributed by atoms with Crippen LogP contribution in [0.15, 0.2) is 66.7 Å². The van der Waals surface area contributed by atoms with E-state index < -0.39 is 47.4 Å². The van der Waals surface area contributed by atoms with Crippen LogP contribution < -0.4 is 4.74 Å². The average Bonchev–Trinajstić information content (AvgIpc) is 3.76. The number of H-pyrrole nitrogens is 1. The summed E-state index contributed by atoms with van der Waals surface area (Å²) in [5, 5.41) is 33.1. The zero-order chi connectivity index (χ0) is 37.3. The van der Waals surface area contributed by atoms with Gasteiger partial charge in [0.1, 0.15) is 12.7 Å². The summed E-state index contributed by atoms with van der Waals surface area (Å²) in [7, 11) is 0. The minimum Gasteiger partial charge on any atom is -0.465 e. The zero-order valence-electron chi connectivity index (χ0n) is 28.0. The second-order valence-electron chi connectivity index (χ2n) is 11.3. The SMILES string of the molecule is CCOc1nc2cccc(C(=O)OC(C)(C)OC(=O)OCC[C@@H](CO[N+](=O)[O-])O[N+](=O)[O-])c2n1Cc1ccc(-c2ccccc2-c2nn[nH]n2)cc1. The van der Waals surface area contributed by atoms with Crippen LogP contribution in [-0.4, -0.2) is 84.2 Å². The molecule has 1 N–H and O–H groups in total. The number of imidazole rings is 1. The number of hydrogen-bond acceptors (Lipinski definition) is 16. The lowest BCUT2D eigenvalue weighted by atomic mass is 9.98. The summed E-state index contributed by atoms with van der Waals surface area (Å²) in [5.74, 6) is -2.23. The van der Waals surface area contributed by atoms with Crippen LogP contribution in [-0.2, 0) is 30.4 Å². The fraction of sp³-hybridized carbons (Fsp3) is 0.312. The molecule has 20 heteroatoms. The van der Waals surface area contributed by atoms with E-state index in [1.54, 1.807) is 16.7 Å². The highest BCUT2D eigenvalue weighted by Crippen LogP contribution is 2.31. The van der Waals surface area contributed by atoms with E-state index >= 15 is 0 Å². The quantitative estimate of drug-likeness (QED) is 0.0598. The van der Waals surface area contributed by atoms with Gasteiger partial charge >= 0.3 is 12.1 Å². The van der Waals surface area contributed by atoms with Gasteiger partial charge in [-0.1, -0.05) is 54.6 Å². The predicted molar refractivity (Wildman–Crippen MR) is 176 cm³/mol. The van der Waals surface area contributed by atoms with Gasteiger partial charge in [-0.2, -0.15) is 10.2 Å². The van der Waals surface area contributed by atoms with E-state index in [-0.39, 0.29) is 24.5 Å². The number of tetrazole rings is 1. The van der Waals surface area contributed by atoms with Gasteiger partial charge in [-0.05, 0) is 41.0 Å². The number of ether oxygens (including phenoxy) is 4. The van der Waals surface area contributed by atoms with Crippen LogP contribution in [0.1, 0.15) is 43.1 Å². The number of fused-ring (bicyclic) bond motifs is 1. The molecular weight excluding hydrogens is 688 g/mol. The summed E-state index contributed by atoms with van der Waals surface area (Å²) in [5.41, 5.74) is 4.48. The molecule has 0 saturated carbocycles. The van der Waals surface area contributed by atoms with Gasteiger partial charge < -0.3 is 28.6 Å². The number of carbonyl (C=O) groups excluding carboxylic acids is 2. The van der Waals surface area contributed by atoms with Crippen LogP contribution in [0.5, 0.6) is 6.01 Å². The van der Waals surface area contributed by atoms with Gasteiger partial charge in [0, 0.05) is 25.8 Å². The van der Waals surface area contributed by atoms with Crippen LogP contribution in [0, 0.1) is 20.2 Å². The topological polar surface area (TPSA) is 248 Å². The van der Waals surface area contributed by atoms with Gasteiger partial charge in [0.15, 0.2) is 0 Å². The van der Waals surface area contributed by atoms with E-state index in [0.29, 0.717) is 23.5 Å². The molecule has 0 fully saturated rings. The van der Waals surface area contributed by atoms with Crippen LogP contribution in [0.4, 0.5) is 4.79 Å². The van der Waals surface area contributed by atoms with Crippen molar-refractivity contribution in [3.05, 3.63) is 98.1 Å². The molecule has 272 valence electrons. The summed E-state index contributed by atoms with van der Waals surface area (Å²) < 4.78 is 23.2. The molecule has 0 spiro atoms. The second-order valence-corrected chi connectivity index (χ2v) is 11.3. The Kier molecular flexibility index (Phi) is 11.4. The molecule has 0 aliphatic rings. The van der Waals surface area contributed by atoms with E-state index in [4.69, 9.17) is 18.9 Å². The highest BCUT2D eigenvalue weighted by atomic mass is 17.0. The Labute approximate surface area is 293 Å². The molecule has 3 aromatic carbocycles. The van der Waals surface area contributed by atoms with Crippen molar-refractivity contribution in [3.63, 3.8) is 0 Å². The van der Waals surface area contributed by atoms with Gasteiger partial charge in [0.25, 0.3) is 22.0 Å². The predicted octanol–water partition coefficient (Wildman–Crippen LogP) is 4.55. The van der Waals surface area contributed by atoms with Crippen molar-refractivity contribution in [1.29, 1.82) is 0 Å². The molecule has 5 rings (SSSR count). The largest absolute Gasteiger partial charge is 0.511 e. The number of nitrogens with zero attached hydrogens (tertiary/aromatic N) is 7. The van der Waals surface area contributed by atoms with E-state index in [2.05, 4.69) is 35.3 Å². The lowest BCUT2D eigenvalue weighted by molar-refractivity contribution is -0.790. The third-order valence-electron chi connectivity index (χ3n) is 7.27. The Hall–Kier alpha value is -6.86. The molecule has 2 aromatic heterocycles. The summed E-state index contributed by atoms with van der Waals surface area (Å²) in [4.78, 5) is 60.0. The zero-order valence-corrected chi connectivity index (χ0v) is 28.0. The number of para-hydroxylation sites is 1. The Morgan fingerprint density at radius 1 is 0.962 bits per heavy atom. The van der Waals surface area contributed by atoms with E-state index in [9.17, 15) is 29.8 Å². The Morgan fingerprint density at radius 2 is 1.71 bits per heavy atom. The maximum absolute atomic E-state index is 13.6. The molecule has 52 heavy (non-hydrogen) atoms. The van der Waals surface area contributed by atoms with Crippen molar-refractivity contribution in [2.75, 3.05) is 19.8 Å². The first kappa shape index (κ1) is 36.4. The molecule has 20 nitrogen and oxygen atoms in total. The highest BCUT2D eigenvalue weighted by molar-refractivity contribution is 6.02. The van der Waals surface area contributed by atoms with Crippen molar-refractivity contribution < 1.29 is 48.4 Å². The molecular formula is C32H32N8O12. The summed E-state index contributed by atoms with van der Waals surface area (Å²) >= 11 is 0. The normalized spacial score (nSPS) is 11.8. The number of aromatic amines is 1. The average molecular weight is 721 g/mol. The number of carbonyl (C=O) groups is 2. The first-order valence-electron chi connectivity index (χ1n) is 15.7. The van der Waals surface area contributed by atoms with Gasteiger partial charge in [-0.25, -0.2) is 9.59 Å². The molecule has 0 aliphatic carbocycles. The molecule has 0 bridgehead atoms. The summed E-state index contributed by atoms with van der Waals surface area (Å²) in [6.45, 7) is 3.72. The first-order valence-corrected chi connectivity index (χ1v) is 15.7. The summed E-state index contributed by atoms with van der Waals surface area (Å²) in [6.07, 6.45) is -3.02. The Balaban J connectivity index is 1.30. The molecule has 0 amide bonds. The lowest BCUT2D eigenvalue weighted by Gasteiger charge is -2.25. The molecule has 0 unspecified atom stereocenters. The monoisotopic (exact) mass is 720 g/mol. The van der Waals surface area contributed by atoms with E-state index in [1.165, 1.54) is 19.9 Å². The van der Waals surface area contributed by atoms with E-state index in [0.717, 1.165) is 22.3 Å². The number of rotatable bonds is 17. The van der Waals surface area contributed by atoms with Crippen LogP contribution in [0.3, 0.4) is 0 Å². The maximum atomic E-state index is 13.6. The fourth-order valence-corrected chi connectivity index (χ4v) is 5.13. The molecule has 2 heterocycles.